The van der Waals surface area contributed by atoms with E-state index >= 15 is 0 Å². The highest BCUT2D eigenvalue weighted by Gasteiger charge is 2.76. The molecule has 0 radical (unpaired) electrons. The van der Waals surface area contributed by atoms with Gasteiger partial charge in [-0.15, -0.1) is 11.6 Å². The third-order valence-corrected chi connectivity index (χ3v) is 9.09. The molecule has 3 aliphatic heterocycles. The van der Waals surface area contributed by atoms with Gasteiger partial charge in [-0.1, -0.05) is 20.4 Å². The van der Waals surface area contributed by atoms with Gasteiger partial charge in [0.25, 0.3) is 0 Å². The number of rotatable bonds is 1. The van der Waals surface area contributed by atoms with Gasteiger partial charge in [-0.25, -0.2) is 0 Å². The van der Waals surface area contributed by atoms with Crippen LogP contribution in [-0.4, -0.2) is 87.1 Å². The van der Waals surface area contributed by atoms with Crippen molar-refractivity contribution in [2.24, 2.45) is 23.2 Å². The summed E-state index contributed by atoms with van der Waals surface area (Å²) >= 11 is 6.66. The normalized spacial score (nSPS) is 58.5. The van der Waals surface area contributed by atoms with E-state index in [2.05, 4.69) is 6.58 Å². The van der Waals surface area contributed by atoms with Gasteiger partial charge in [-0.3, -0.25) is 9.59 Å². The molecule has 32 heavy (non-hydrogen) atoms. The number of alkyl halides is 1. The van der Waals surface area contributed by atoms with E-state index in [0.29, 0.717) is 5.57 Å². The Labute approximate surface area is 190 Å². The summed E-state index contributed by atoms with van der Waals surface area (Å²) in [6, 6.07) is 0. The Balaban J connectivity index is 1.73. The zero-order chi connectivity index (χ0) is 23.5. The minimum absolute atomic E-state index is 0.363. The molecule has 3 N–H and O–H groups in total. The fraction of sp³-hybridized carbons (Fsp3) is 0.818. The molecule has 9 nitrogen and oxygen atoms in total. The molecule has 10 heteroatoms. The molecule has 5 rings (SSSR count). The van der Waals surface area contributed by atoms with Crippen LogP contribution in [-0.2, 0) is 28.5 Å². The highest BCUT2D eigenvalue weighted by Crippen LogP contribution is 2.62. The van der Waals surface area contributed by atoms with Gasteiger partial charge in [-0.05, 0) is 18.4 Å². The van der Waals surface area contributed by atoms with Crippen LogP contribution in [0.25, 0.3) is 0 Å². The highest BCUT2D eigenvalue weighted by molar-refractivity contribution is 6.23. The summed E-state index contributed by atoms with van der Waals surface area (Å²) in [6.07, 6.45) is -6.87. The van der Waals surface area contributed by atoms with Gasteiger partial charge in [0, 0.05) is 18.3 Å². The molecule has 5 aliphatic rings. The molecular formula is C22H29ClO9. The number of carbonyl (C=O) groups excluding carboxylic acids is 2. The Morgan fingerprint density at radius 3 is 2.47 bits per heavy atom. The molecule has 0 unspecified atom stereocenters. The number of hydrogen-bond donors (Lipinski definition) is 3. The topological polar surface area (TPSA) is 138 Å². The van der Waals surface area contributed by atoms with E-state index in [0.717, 1.165) is 0 Å². The largest absolute Gasteiger partial charge is 0.459 e. The van der Waals surface area contributed by atoms with E-state index in [1.807, 2.05) is 0 Å². The number of esters is 2. The van der Waals surface area contributed by atoms with Crippen molar-refractivity contribution < 1.29 is 43.9 Å². The smallest absolute Gasteiger partial charge is 0.312 e. The van der Waals surface area contributed by atoms with E-state index in [9.17, 15) is 24.9 Å². The molecule has 3 saturated heterocycles. The van der Waals surface area contributed by atoms with Crippen molar-refractivity contribution in [1.82, 2.24) is 0 Å². The van der Waals surface area contributed by atoms with Crippen molar-refractivity contribution in [2.45, 2.75) is 87.5 Å². The SMILES string of the molecule is C=C1[C@H]2O[C@H]2[C@H](O)[C@]2(C)[C@H]([C@@H](C)[C@H](O)[C@@H]3O[C@@H]32)[C@H](OC(C)=O)[C@]2(O)[C@@H](C)C(=O)O[C@H]2[C@H]1Cl. The molecule has 178 valence electrons. The first kappa shape index (κ1) is 22.6. The number of hydrogen-bond acceptors (Lipinski definition) is 9. The average Bonchev–Trinajstić information content (AvgIpc) is 3.64. The predicted molar refractivity (Wildman–Crippen MR) is 108 cm³/mol. The summed E-state index contributed by atoms with van der Waals surface area (Å²) in [7, 11) is 0. The van der Waals surface area contributed by atoms with E-state index in [1.54, 1.807) is 13.8 Å². The molecule has 0 aromatic heterocycles. The quantitative estimate of drug-likeness (QED) is 0.207. The van der Waals surface area contributed by atoms with E-state index in [-0.39, 0.29) is 0 Å². The summed E-state index contributed by atoms with van der Waals surface area (Å²) in [5.41, 5.74) is -2.75. The van der Waals surface area contributed by atoms with Crippen molar-refractivity contribution in [3.8, 4) is 0 Å². The van der Waals surface area contributed by atoms with Gasteiger partial charge < -0.3 is 34.3 Å². The number of ether oxygens (including phenoxy) is 4. The standard InChI is InChI=1S/C22H29ClO9/c1-6-10-17(29-9(4)24)22(28)8(3)20(27)32-18(22)11(23)7(2)13-15(30-13)16(26)21(10,5)19-14(31-19)12(6)25/h6,8,10-19,25-26,28H,2H2,1,3-5H3/t6-,8+,10-,11+,12+,13-,14+,15-,16+,17+,18+,19+,21+,22-/m1/s1. The molecule has 14 atom stereocenters. The third-order valence-electron chi connectivity index (χ3n) is 8.58. The van der Waals surface area contributed by atoms with Gasteiger partial charge in [0.15, 0.2) is 11.7 Å². The molecule has 0 aromatic rings. The highest BCUT2D eigenvalue weighted by atomic mass is 35.5. The zero-order valence-electron chi connectivity index (χ0n) is 18.3. The molecule has 2 saturated carbocycles. The lowest BCUT2D eigenvalue weighted by Crippen LogP contribution is -2.68. The lowest BCUT2D eigenvalue weighted by Gasteiger charge is -2.54. The first-order valence-corrected chi connectivity index (χ1v) is 11.4. The molecule has 0 spiro atoms. The summed E-state index contributed by atoms with van der Waals surface area (Å²) in [5.74, 6) is -3.83. The van der Waals surface area contributed by atoms with Crippen molar-refractivity contribution in [3.63, 3.8) is 0 Å². The Hall–Kier alpha value is -1.23. The van der Waals surface area contributed by atoms with Crippen molar-refractivity contribution in [1.29, 1.82) is 0 Å². The van der Waals surface area contributed by atoms with Crippen molar-refractivity contribution >= 4 is 23.5 Å². The van der Waals surface area contributed by atoms with Gasteiger partial charge >= 0.3 is 11.9 Å². The zero-order valence-corrected chi connectivity index (χ0v) is 19.1. The molecule has 2 aliphatic carbocycles. The Morgan fingerprint density at radius 1 is 1.19 bits per heavy atom. The van der Waals surface area contributed by atoms with Crippen LogP contribution < -0.4 is 0 Å². The first-order chi connectivity index (χ1) is 14.9. The fourth-order valence-electron chi connectivity index (χ4n) is 6.58. The Kier molecular flexibility index (Phi) is 4.86. The molecule has 5 fully saturated rings. The summed E-state index contributed by atoms with van der Waals surface area (Å²) < 4.78 is 22.8. The lowest BCUT2D eigenvalue weighted by atomic mass is 9.53. The van der Waals surface area contributed by atoms with Gasteiger partial charge in [-0.2, -0.15) is 0 Å². The first-order valence-electron chi connectivity index (χ1n) is 11.0. The minimum Gasteiger partial charge on any atom is -0.459 e. The van der Waals surface area contributed by atoms with Crippen LogP contribution in [0.2, 0.25) is 0 Å². The van der Waals surface area contributed by atoms with Crippen LogP contribution in [0.1, 0.15) is 27.7 Å². The fourth-order valence-corrected chi connectivity index (χ4v) is 6.96. The maximum Gasteiger partial charge on any atom is 0.312 e. The number of aliphatic hydroxyl groups is 3. The van der Waals surface area contributed by atoms with Crippen LogP contribution in [0.4, 0.5) is 0 Å². The number of epoxide rings is 2. The molecular weight excluding hydrogens is 444 g/mol. The predicted octanol–water partition coefficient (Wildman–Crippen LogP) is -0.0833. The second kappa shape index (κ2) is 6.90. The summed E-state index contributed by atoms with van der Waals surface area (Å²) in [5, 5.41) is 33.5. The lowest BCUT2D eigenvalue weighted by molar-refractivity contribution is -0.221. The molecule has 0 aromatic carbocycles. The van der Waals surface area contributed by atoms with Crippen LogP contribution in [0.15, 0.2) is 12.2 Å². The van der Waals surface area contributed by atoms with E-state index < -0.39 is 94.9 Å². The third kappa shape index (κ3) is 2.69. The van der Waals surface area contributed by atoms with Gasteiger partial charge in [0.1, 0.15) is 24.4 Å². The monoisotopic (exact) mass is 472 g/mol. The molecule has 0 bridgehead atoms. The van der Waals surface area contributed by atoms with Gasteiger partial charge in [0.2, 0.25) is 0 Å². The van der Waals surface area contributed by atoms with Crippen molar-refractivity contribution in [3.05, 3.63) is 12.2 Å². The molecule has 0 amide bonds. The van der Waals surface area contributed by atoms with E-state index in [1.165, 1.54) is 13.8 Å². The number of fused-ring (bicyclic) bond motifs is 5. The van der Waals surface area contributed by atoms with Gasteiger partial charge in [0.05, 0.1) is 29.6 Å². The van der Waals surface area contributed by atoms with E-state index in [4.69, 9.17) is 30.5 Å². The minimum atomic E-state index is -2.04. The Morgan fingerprint density at radius 2 is 1.84 bits per heavy atom. The van der Waals surface area contributed by atoms with Crippen molar-refractivity contribution in [2.75, 3.05) is 0 Å². The maximum atomic E-state index is 12.7. The van der Waals surface area contributed by atoms with Crippen LogP contribution in [0.5, 0.6) is 0 Å². The summed E-state index contributed by atoms with van der Waals surface area (Å²) in [6.45, 7) is 10.2. The second-order valence-corrected chi connectivity index (χ2v) is 10.7. The average molecular weight is 473 g/mol. The Bertz CT molecular complexity index is 879. The van der Waals surface area contributed by atoms with Crippen LogP contribution in [0.3, 0.4) is 0 Å². The number of carbonyl (C=O) groups is 2. The number of aliphatic hydroxyl groups excluding tert-OH is 2. The second-order valence-electron chi connectivity index (χ2n) is 10.2. The molecule has 3 heterocycles. The number of halogens is 1. The maximum absolute atomic E-state index is 12.7. The summed E-state index contributed by atoms with van der Waals surface area (Å²) in [4.78, 5) is 24.9. The van der Waals surface area contributed by atoms with Crippen LogP contribution in [0, 0.1) is 23.2 Å². The van der Waals surface area contributed by atoms with Crippen LogP contribution >= 0.6 is 11.6 Å².